The second kappa shape index (κ2) is 3.74. The van der Waals surface area contributed by atoms with Crippen molar-refractivity contribution in [3.05, 3.63) is 59.2 Å². The number of anilines is 1. The van der Waals surface area contributed by atoms with Crippen LogP contribution in [0.5, 0.6) is 0 Å². The molecule has 0 aliphatic carbocycles. The van der Waals surface area contributed by atoms with E-state index in [-0.39, 0.29) is 0 Å². The molecule has 0 radical (unpaired) electrons. The van der Waals surface area contributed by atoms with Crippen LogP contribution in [0.15, 0.2) is 47.5 Å². The van der Waals surface area contributed by atoms with Gasteiger partial charge in [0, 0.05) is 12.1 Å². The molecular weight excluding hydrogens is 208 g/mol. The van der Waals surface area contributed by atoms with Crippen LogP contribution in [-0.4, -0.2) is 5.71 Å². The highest BCUT2D eigenvalue weighted by atomic mass is 14.8. The van der Waals surface area contributed by atoms with Gasteiger partial charge in [0.25, 0.3) is 0 Å². The van der Waals surface area contributed by atoms with Crippen molar-refractivity contribution in [2.75, 3.05) is 5.73 Å². The quantitative estimate of drug-likeness (QED) is 0.739. The molecule has 0 aromatic heterocycles. The maximum absolute atomic E-state index is 5.77. The lowest BCUT2D eigenvalue weighted by Crippen LogP contribution is -2.00. The summed E-state index contributed by atoms with van der Waals surface area (Å²) in [4.78, 5) is 4.66. The number of hydrogen-bond donors (Lipinski definition) is 1. The molecule has 0 fully saturated rings. The van der Waals surface area contributed by atoms with Gasteiger partial charge in [0.1, 0.15) is 0 Å². The van der Waals surface area contributed by atoms with Crippen LogP contribution in [-0.2, 0) is 6.42 Å². The van der Waals surface area contributed by atoms with Crippen molar-refractivity contribution in [1.29, 1.82) is 0 Å². The van der Waals surface area contributed by atoms with Gasteiger partial charge in [-0.3, -0.25) is 4.99 Å². The molecule has 0 saturated carbocycles. The summed E-state index contributed by atoms with van der Waals surface area (Å²) in [5, 5.41) is 0. The van der Waals surface area contributed by atoms with E-state index < -0.39 is 0 Å². The first-order chi connectivity index (χ1) is 8.22. The summed E-state index contributed by atoms with van der Waals surface area (Å²) < 4.78 is 0. The Labute approximate surface area is 101 Å². The van der Waals surface area contributed by atoms with Gasteiger partial charge in [0.05, 0.1) is 11.4 Å². The number of aliphatic imine (C=N–C) groups is 1. The van der Waals surface area contributed by atoms with Gasteiger partial charge in [-0.05, 0) is 30.2 Å². The summed E-state index contributed by atoms with van der Waals surface area (Å²) in [7, 11) is 0. The summed E-state index contributed by atoms with van der Waals surface area (Å²) in [6.07, 6.45) is 0.902. The molecule has 2 aromatic carbocycles. The van der Waals surface area contributed by atoms with Crippen molar-refractivity contribution in [3.63, 3.8) is 0 Å². The first kappa shape index (κ1) is 10.1. The van der Waals surface area contributed by atoms with E-state index in [9.17, 15) is 0 Å². The van der Waals surface area contributed by atoms with Crippen LogP contribution in [0.3, 0.4) is 0 Å². The second-order valence-electron chi connectivity index (χ2n) is 4.49. The largest absolute Gasteiger partial charge is 0.399 e. The van der Waals surface area contributed by atoms with Crippen LogP contribution < -0.4 is 5.73 Å². The normalized spacial score (nSPS) is 13.4. The van der Waals surface area contributed by atoms with Gasteiger partial charge in [-0.1, -0.05) is 35.9 Å². The van der Waals surface area contributed by atoms with Gasteiger partial charge in [0.15, 0.2) is 0 Å². The molecule has 0 atom stereocenters. The minimum absolute atomic E-state index is 0.776. The Bertz CT molecular complexity index is 612. The smallest absolute Gasteiger partial charge is 0.0689 e. The van der Waals surface area contributed by atoms with Crippen molar-refractivity contribution in [3.8, 4) is 0 Å². The van der Waals surface area contributed by atoms with Gasteiger partial charge in [0.2, 0.25) is 0 Å². The molecule has 0 saturated heterocycles. The lowest BCUT2D eigenvalue weighted by atomic mass is 10.0. The number of aryl methyl sites for hydroxylation is 1. The highest BCUT2D eigenvalue weighted by Crippen LogP contribution is 2.30. The van der Waals surface area contributed by atoms with E-state index in [1.54, 1.807) is 0 Å². The summed E-state index contributed by atoms with van der Waals surface area (Å²) in [6, 6.07) is 14.4. The molecule has 2 nitrogen and oxygen atoms in total. The molecule has 0 unspecified atom stereocenters. The third-order valence-electron chi connectivity index (χ3n) is 3.07. The van der Waals surface area contributed by atoms with Gasteiger partial charge < -0.3 is 5.73 Å². The standard InChI is InChI=1S/C15H14N2/c1-10-3-2-4-11(7-10)14-8-12-5-6-13(16)9-15(12)17-14/h2-7,9H,8,16H2,1H3. The van der Waals surface area contributed by atoms with Crippen LogP contribution in [0.2, 0.25) is 0 Å². The Hall–Kier alpha value is -2.09. The zero-order valence-electron chi connectivity index (χ0n) is 9.77. The van der Waals surface area contributed by atoms with Gasteiger partial charge in [-0.15, -0.1) is 0 Å². The first-order valence-corrected chi connectivity index (χ1v) is 5.75. The molecular formula is C15H14N2. The Morgan fingerprint density at radius 3 is 2.82 bits per heavy atom. The van der Waals surface area contributed by atoms with Crippen LogP contribution in [0.4, 0.5) is 11.4 Å². The average molecular weight is 222 g/mol. The molecule has 0 spiro atoms. The Morgan fingerprint density at radius 2 is 2.00 bits per heavy atom. The summed E-state index contributed by atoms with van der Waals surface area (Å²) in [5.74, 6) is 0. The molecule has 2 heteroatoms. The zero-order valence-corrected chi connectivity index (χ0v) is 9.77. The van der Waals surface area contributed by atoms with Crippen molar-refractivity contribution in [2.45, 2.75) is 13.3 Å². The molecule has 1 heterocycles. The van der Waals surface area contributed by atoms with Crippen molar-refractivity contribution in [2.24, 2.45) is 4.99 Å². The highest BCUT2D eigenvalue weighted by molar-refractivity contribution is 6.06. The predicted molar refractivity (Wildman–Crippen MR) is 71.9 cm³/mol. The van der Waals surface area contributed by atoms with E-state index in [0.29, 0.717) is 0 Å². The van der Waals surface area contributed by atoms with Crippen LogP contribution >= 0.6 is 0 Å². The van der Waals surface area contributed by atoms with E-state index in [4.69, 9.17) is 5.73 Å². The lowest BCUT2D eigenvalue weighted by Gasteiger charge is -2.01. The van der Waals surface area contributed by atoms with Crippen molar-refractivity contribution >= 4 is 17.1 Å². The average Bonchev–Trinajstić information content (AvgIpc) is 2.72. The van der Waals surface area contributed by atoms with Crippen LogP contribution in [0, 0.1) is 6.92 Å². The Balaban J connectivity index is 2.02. The topological polar surface area (TPSA) is 38.4 Å². The third kappa shape index (κ3) is 1.82. The monoisotopic (exact) mass is 222 g/mol. The highest BCUT2D eigenvalue weighted by Gasteiger charge is 2.15. The molecule has 1 aliphatic rings. The zero-order chi connectivity index (χ0) is 11.8. The number of nitrogens with two attached hydrogens (primary N) is 1. The number of nitrogens with zero attached hydrogens (tertiary/aromatic N) is 1. The molecule has 0 amide bonds. The van der Waals surface area contributed by atoms with Gasteiger partial charge in [-0.2, -0.15) is 0 Å². The van der Waals surface area contributed by atoms with E-state index in [1.807, 2.05) is 12.1 Å². The van der Waals surface area contributed by atoms with Crippen molar-refractivity contribution < 1.29 is 0 Å². The van der Waals surface area contributed by atoms with Gasteiger partial charge in [-0.25, -0.2) is 0 Å². The predicted octanol–water partition coefficient (Wildman–Crippen LogP) is 3.25. The fourth-order valence-electron chi connectivity index (χ4n) is 2.19. The fourth-order valence-corrected chi connectivity index (χ4v) is 2.19. The molecule has 17 heavy (non-hydrogen) atoms. The minimum atomic E-state index is 0.776. The maximum Gasteiger partial charge on any atom is 0.0689 e. The number of benzene rings is 2. The SMILES string of the molecule is Cc1cccc(C2=Nc3cc(N)ccc3C2)c1. The second-order valence-corrected chi connectivity index (χ2v) is 4.49. The van der Waals surface area contributed by atoms with E-state index >= 15 is 0 Å². The van der Waals surface area contributed by atoms with E-state index in [2.05, 4.69) is 42.2 Å². The maximum atomic E-state index is 5.77. The molecule has 2 aromatic rings. The molecule has 84 valence electrons. The number of rotatable bonds is 1. The summed E-state index contributed by atoms with van der Waals surface area (Å²) in [6.45, 7) is 2.10. The Morgan fingerprint density at radius 1 is 1.12 bits per heavy atom. The number of nitrogen functional groups attached to an aromatic ring is 1. The molecule has 2 N–H and O–H groups in total. The van der Waals surface area contributed by atoms with Crippen molar-refractivity contribution in [1.82, 2.24) is 0 Å². The fraction of sp³-hybridized carbons (Fsp3) is 0.133. The van der Waals surface area contributed by atoms with Crippen LogP contribution in [0.25, 0.3) is 0 Å². The minimum Gasteiger partial charge on any atom is -0.399 e. The lowest BCUT2D eigenvalue weighted by molar-refractivity contribution is 1.38. The van der Waals surface area contributed by atoms with E-state index in [1.165, 1.54) is 16.7 Å². The molecule has 3 rings (SSSR count). The number of fused-ring (bicyclic) bond motifs is 1. The Kier molecular flexibility index (Phi) is 2.22. The van der Waals surface area contributed by atoms with E-state index in [0.717, 1.165) is 23.5 Å². The van der Waals surface area contributed by atoms with Crippen LogP contribution in [0.1, 0.15) is 16.7 Å². The number of hydrogen-bond acceptors (Lipinski definition) is 2. The molecule has 1 aliphatic heterocycles. The first-order valence-electron chi connectivity index (χ1n) is 5.75. The summed E-state index contributed by atoms with van der Waals surface area (Å²) in [5.41, 5.74) is 12.4. The third-order valence-corrected chi connectivity index (χ3v) is 3.07. The molecule has 0 bridgehead atoms. The summed E-state index contributed by atoms with van der Waals surface area (Å²) >= 11 is 0. The van der Waals surface area contributed by atoms with Gasteiger partial charge >= 0.3 is 0 Å².